The van der Waals surface area contributed by atoms with Crippen molar-refractivity contribution in [3.05, 3.63) is 75.6 Å². The highest BCUT2D eigenvalue weighted by molar-refractivity contribution is 5.83. The van der Waals surface area contributed by atoms with Crippen molar-refractivity contribution in [1.82, 2.24) is 30.1 Å². The molecule has 0 amide bonds. The normalized spacial score (nSPS) is 17.7. The molecule has 10 nitrogen and oxygen atoms in total. The Hall–Kier alpha value is -3.83. The highest BCUT2D eigenvalue weighted by atomic mass is 19.1. The second-order valence-corrected chi connectivity index (χ2v) is 10.0. The van der Waals surface area contributed by atoms with Crippen LogP contribution in [0.2, 0.25) is 0 Å². The lowest BCUT2D eigenvalue weighted by atomic mass is 10.1. The summed E-state index contributed by atoms with van der Waals surface area (Å²) in [6.45, 7) is 5.17. The van der Waals surface area contributed by atoms with Gasteiger partial charge in [0, 0.05) is 36.7 Å². The Morgan fingerprint density at radius 3 is 2.64 bits per heavy atom. The van der Waals surface area contributed by atoms with Crippen LogP contribution in [0.5, 0.6) is 11.5 Å². The minimum absolute atomic E-state index is 0.0794. The molecule has 2 aliphatic rings. The number of benzene rings is 2. The molecule has 2 aliphatic heterocycles. The maximum Gasteiger partial charge on any atom is 0.252 e. The summed E-state index contributed by atoms with van der Waals surface area (Å²) < 4.78 is 32.7. The Balaban J connectivity index is 1.35. The van der Waals surface area contributed by atoms with Gasteiger partial charge in [-0.1, -0.05) is 19.1 Å². The molecule has 6 rings (SSSR count). The van der Waals surface area contributed by atoms with E-state index >= 15 is 0 Å². The van der Waals surface area contributed by atoms with Crippen LogP contribution >= 0.6 is 0 Å². The van der Waals surface area contributed by atoms with Crippen molar-refractivity contribution < 1.29 is 18.6 Å². The molecular formula is C28H31FN6O4. The molecular weight excluding hydrogens is 503 g/mol. The second-order valence-electron chi connectivity index (χ2n) is 10.0. The van der Waals surface area contributed by atoms with Gasteiger partial charge in [0.25, 0.3) is 5.56 Å². The average molecular weight is 535 g/mol. The number of fused-ring (bicyclic) bond motifs is 2. The standard InChI is InChI=1S/C28H31FN6O4/c1-2-24(27-31-32-33-35(27)17-22-4-3-9-37-22)34(15-18-5-7-21(29)8-6-18)16-20-12-19-13-25-26(39-11-10-38-25)14-23(19)30-28(20)36/h5-8,12-14,22,24H,2-4,9-11,15-17H2,1H3,(H,30,36)/t22-,24+/m0/s1. The fraction of sp³-hybridized carbons (Fsp3) is 0.429. The van der Waals surface area contributed by atoms with Gasteiger partial charge in [-0.25, -0.2) is 9.07 Å². The Labute approximate surface area is 224 Å². The summed E-state index contributed by atoms with van der Waals surface area (Å²) in [7, 11) is 0. The number of hydrogen-bond acceptors (Lipinski definition) is 8. The molecule has 11 heteroatoms. The van der Waals surface area contributed by atoms with Gasteiger partial charge in [0.05, 0.1) is 24.2 Å². The predicted octanol–water partition coefficient (Wildman–Crippen LogP) is 3.76. The van der Waals surface area contributed by atoms with Crippen LogP contribution in [0.4, 0.5) is 4.39 Å². The molecule has 0 radical (unpaired) electrons. The zero-order valence-corrected chi connectivity index (χ0v) is 21.8. The van der Waals surface area contributed by atoms with E-state index < -0.39 is 0 Å². The van der Waals surface area contributed by atoms with Gasteiger partial charge in [-0.05, 0) is 59.5 Å². The summed E-state index contributed by atoms with van der Waals surface area (Å²) in [5.41, 5.74) is 2.02. The van der Waals surface area contributed by atoms with Gasteiger partial charge in [0.15, 0.2) is 17.3 Å². The van der Waals surface area contributed by atoms with E-state index in [0.717, 1.165) is 30.4 Å². The van der Waals surface area contributed by atoms with E-state index in [-0.39, 0.29) is 23.5 Å². The maximum atomic E-state index is 13.7. The highest BCUT2D eigenvalue weighted by Crippen LogP contribution is 2.34. The fourth-order valence-corrected chi connectivity index (χ4v) is 5.39. The number of nitrogens with one attached hydrogen (secondary N) is 1. The largest absolute Gasteiger partial charge is 0.486 e. The molecule has 0 spiro atoms. The number of aromatic amines is 1. The number of aromatic nitrogens is 5. The molecule has 0 bridgehead atoms. The van der Waals surface area contributed by atoms with E-state index in [2.05, 4.69) is 32.3 Å². The number of nitrogens with zero attached hydrogens (tertiary/aromatic N) is 5. The minimum Gasteiger partial charge on any atom is -0.486 e. The van der Waals surface area contributed by atoms with Crippen LogP contribution in [-0.4, -0.2) is 56.0 Å². The van der Waals surface area contributed by atoms with Gasteiger partial charge in [0.1, 0.15) is 19.0 Å². The molecule has 2 aromatic carbocycles. The van der Waals surface area contributed by atoms with E-state index in [1.54, 1.807) is 18.2 Å². The molecule has 0 unspecified atom stereocenters. The molecule has 0 saturated carbocycles. The SMILES string of the molecule is CC[C@H](c1nnnn1C[C@@H]1CCCO1)N(Cc1ccc(F)cc1)Cc1cc2cc3c(cc2[nH]c1=O)OCCO3. The Bertz CT molecular complexity index is 1500. The van der Waals surface area contributed by atoms with E-state index in [0.29, 0.717) is 67.7 Å². The molecule has 2 aromatic heterocycles. The topological polar surface area (TPSA) is 107 Å². The smallest absolute Gasteiger partial charge is 0.252 e. The average Bonchev–Trinajstić information content (AvgIpc) is 3.63. The van der Waals surface area contributed by atoms with Crippen LogP contribution < -0.4 is 15.0 Å². The zero-order valence-electron chi connectivity index (χ0n) is 21.8. The molecule has 1 fully saturated rings. The van der Waals surface area contributed by atoms with Crippen LogP contribution in [0.25, 0.3) is 10.9 Å². The third kappa shape index (κ3) is 5.50. The van der Waals surface area contributed by atoms with Crippen LogP contribution in [0, 0.1) is 5.82 Å². The fourth-order valence-electron chi connectivity index (χ4n) is 5.39. The van der Waals surface area contributed by atoms with Gasteiger partial charge >= 0.3 is 0 Å². The molecule has 39 heavy (non-hydrogen) atoms. The molecule has 1 N–H and O–H groups in total. The number of rotatable bonds is 9. The summed E-state index contributed by atoms with van der Waals surface area (Å²) in [5.74, 6) is 1.71. The third-order valence-electron chi connectivity index (χ3n) is 7.34. The Morgan fingerprint density at radius 1 is 1.10 bits per heavy atom. The first-order valence-corrected chi connectivity index (χ1v) is 13.4. The van der Waals surface area contributed by atoms with Crippen molar-refractivity contribution in [3.63, 3.8) is 0 Å². The van der Waals surface area contributed by atoms with E-state index in [9.17, 15) is 9.18 Å². The van der Waals surface area contributed by atoms with Crippen LogP contribution in [0.15, 0.2) is 47.3 Å². The van der Waals surface area contributed by atoms with Crippen molar-refractivity contribution in [2.24, 2.45) is 0 Å². The highest BCUT2D eigenvalue weighted by Gasteiger charge is 2.28. The lowest BCUT2D eigenvalue weighted by Crippen LogP contribution is -2.33. The number of pyridine rings is 1. The molecule has 204 valence electrons. The van der Waals surface area contributed by atoms with E-state index in [1.165, 1.54) is 12.1 Å². The van der Waals surface area contributed by atoms with Crippen molar-refractivity contribution in [2.75, 3.05) is 19.8 Å². The molecule has 0 aliphatic carbocycles. The first-order chi connectivity index (χ1) is 19.1. The number of ether oxygens (including phenoxy) is 3. The second kappa shape index (κ2) is 11.1. The van der Waals surface area contributed by atoms with Gasteiger partial charge in [-0.3, -0.25) is 9.69 Å². The zero-order chi connectivity index (χ0) is 26.8. The summed E-state index contributed by atoms with van der Waals surface area (Å²) in [5, 5.41) is 13.5. The van der Waals surface area contributed by atoms with Gasteiger partial charge < -0.3 is 19.2 Å². The summed E-state index contributed by atoms with van der Waals surface area (Å²) in [6, 6.07) is 11.8. The number of hydrogen-bond donors (Lipinski definition) is 1. The van der Waals surface area contributed by atoms with Crippen molar-refractivity contribution in [2.45, 2.75) is 58.0 Å². The minimum atomic E-state index is -0.293. The molecule has 4 aromatic rings. The lowest BCUT2D eigenvalue weighted by Gasteiger charge is -2.30. The Morgan fingerprint density at radius 2 is 1.90 bits per heavy atom. The van der Waals surface area contributed by atoms with Crippen LogP contribution in [0.3, 0.4) is 0 Å². The first-order valence-electron chi connectivity index (χ1n) is 13.4. The molecule has 4 heterocycles. The molecule has 1 saturated heterocycles. The monoisotopic (exact) mass is 534 g/mol. The number of halogens is 1. The quantitative estimate of drug-likeness (QED) is 0.346. The molecule has 2 atom stereocenters. The van der Waals surface area contributed by atoms with Gasteiger partial charge in [0.2, 0.25) is 0 Å². The first kappa shape index (κ1) is 25.4. The lowest BCUT2D eigenvalue weighted by molar-refractivity contribution is 0.0888. The van der Waals surface area contributed by atoms with E-state index in [4.69, 9.17) is 14.2 Å². The number of tetrazole rings is 1. The van der Waals surface area contributed by atoms with Crippen molar-refractivity contribution in [3.8, 4) is 11.5 Å². The van der Waals surface area contributed by atoms with Crippen molar-refractivity contribution >= 4 is 10.9 Å². The Kier molecular flexibility index (Phi) is 7.25. The van der Waals surface area contributed by atoms with Crippen LogP contribution in [-0.2, 0) is 24.4 Å². The predicted molar refractivity (Wildman–Crippen MR) is 141 cm³/mol. The summed E-state index contributed by atoms with van der Waals surface area (Å²) in [4.78, 5) is 18.4. The summed E-state index contributed by atoms with van der Waals surface area (Å²) >= 11 is 0. The van der Waals surface area contributed by atoms with Gasteiger partial charge in [-0.15, -0.1) is 5.10 Å². The van der Waals surface area contributed by atoms with Crippen molar-refractivity contribution in [1.29, 1.82) is 0 Å². The van der Waals surface area contributed by atoms with Gasteiger partial charge in [-0.2, -0.15) is 0 Å². The van der Waals surface area contributed by atoms with Crippen LogP contribution in [0.1, 0.15) is 49.2 Å². The van der Waals surface area contributed by atoms with E-state index in [1.807, 2.05) is 16.8 Å². The third-order valence-corrected chi connectivity index (χ3v) is 7.34. The summed E-state index contributed by atoms with van der Waals surface area (Å²) in [6.07, 6.45) is 2.79. The maximum absolute atomic E-state index is 13.7. The number of H-pyrrole nitrogens is 1.